The van der Waals surface area contributed by atoms with Gasteiger partial charge in [0.2, 0.25) is 0 Å². The molecule has 9 heteroatoms. The molecule has 0 aliphatic heterocycles. The molecular formula is C27H21N3O5S. The molecule has 1 aliphatic rings. The van der Waals surface area contributed by atoms with Gasteiger partial charge in [-0.15, -0.1) is 0 Å². The van der Waals surface area contributed by atoms with E-state index >= 15 is 0 Å². The number of aryl methyl sites for hydroxylation is 1. The summed E-state index contributed by atoms with van der Waals surface area (Å²) in [6.07, 6.45) is 0. The minimum Gasteiger partial charge on any atom is -0.397 e. The van der Waals surface area contributed by atoms with Crippen LogP contribution < -0.4 is 16.4 Å². The first-order valence-electron chi connectivity index (χ1n) is 11.0. The standard InChI is InChI=1S/C27H21N3O5S/c1-15-13-17(11-12-20(15)29-16-7-3-2-4-8-16)30-21-14-22(36(33,34)35)25(28)24-23(21)26(31)18-9-5-6-10-19(18)27(24)32/h2-14,29-30H,28H2,1H3,(H,33,34,35). The molecule has 180 valence electrons. The van der Waals surface area contributed by atoms with Crippen molar-refractivity contribution in [1.29, 1.82) is 0 Å². The van der Waals surface area contributed by atoms with Gasteiger partial charge in [0.25, 0.3) is 10.1 Å². The van der Waals surface area contributed by atoms with Gasteiger partial charge in [-0.3, -0.25) is 14.1 Å². The third-order valence-electron chi connectivity index (χ3n) is 6.04. The molecule has 4 aromatic rings. The van der Waals surface area contributed by atoms with Crippen LogP contribution in [0.15, 0.2) is 83.8 Å². The Morgan fingerprint density at radius 3 is 1.92 bits per heavy atom. The Morgan fingerprint density at radius 1 is 0.722 bits per heavy atom. The second-order valence-corrected chi connectivity index (χ2v) is 9.80. The van der Waals surface area contributed by atoms with E-state index in [0.717, 1.165) is 23.0 Å². The van der Waals surface area contributed by atoms with E-state index in [1.165, 1.54) is 12.1 Å². The lowest BCUT2D eigenvalue weighted by Gasteiger charge is -2.24. The Labute approximate surface area is 207 Å². The molecule has 0 saturated heterocycles. The number of rotatable bonds is 5. The maximum atomic E-state index is 13.4. The number of nitrogen functional groups attached to an aromatic ring is 1. The van der Waals surface area contributed by atoms with Crippen LogP contribution in [0.25, 0.3) is 0 Å². The normalized spacial score (nSPS) is 12.6. The van der Waals surface area contributed by atoms with Crippen LogP contribution in [0.5, 0.6) is 0 Å². The summed E-state index contributed by atoms with van der Waals surface area (Å²) in [6, 6.07) is 22.3. The molecule has 5 N–H and O–H groups in total. The van der Waals surface area contributed by atoms with Crippen LogP contribution in [-0.2, 0) is 10.1 Å². The van der Waals surface area contributed by atoms with Crippen molar-refractivity contribution in [2.45, 2.75) is 11.8 Å². The monoisotopic (exact) mass is 499 g/mol. The first kappa shape index (κ1) is 23.3. The highest BCUT2D eigenvalue weighted by atomic mass is 32.2. The van der Waals surface area contributed by atoms with Gasteiger partial charge in [0, 0.05) is 28.2 Å². The number of hydrogen-bond donors (Lipinski definition) is 4. The van der Waals surface area contributed by atoms with Crippen molar-refractivity contribution < 1.29 is 22.6 Å². The van der Waals surface area contributed by atoms with Gasteiger partial charge in [-0.1, -0.05) is 42.5 Å². The highest BCUT2D eigenvalue weighted by Crippen LogP contribution is 2.40. The molecule has 0 unspecified atom stereocenters. The number of fused-ring (bicyclic) bond motifs is 2. The number of benzene rings is 4. The van der Waals surface area contributed by atoms with Gasteiger partial charge < -0.3 is 16.4 Å². The minimum absolute atomic E-state index is 0.0443. The number of hydrogen-bond acceptors (Lipinski definition) is 7. The molecule has 0 bridgehead atoms. The number of carbonyl (C=O) groups is 2. The molecule has 0 amide bonds. The van der Waals surface area contributed by atoms with Crippen LogP contribution in [0.1, 0.15) is 37.4 Å². The van der Waals surface area contributed by atoms with Gasteiger partial charge in [-0.25, -0.2) is 0 Å². The zero-order chi connectivity index (χ0) is 25.6. The fourth-order valence-electron chi connectivity index (χ4n) is 4.32. The van der Waals surface area contributed by atoms with E-state index in [2.05, 4.69) is 10.6 Å². The smallest absolute Gasteiger partial charge is 0.296 e. The third-order valence-corrected chi connectivity index (χ3v) is 6.93. The molecule has 1 aliphatic carbocycles. The summed E-state index contributed by atoms with van der Waals surface area (Å²) in [6.45, 7) is 1.89. The molecule has 0 fully saturated rings. The molecule has 0 heterocycles. The van der Waals surface area contributed by atoms with Crippen molar-refractivity contribution in [3.05, 3.63) is 107 Å². The summed E-state index contributed by atoms with van der Waals surface area (Å²) in [7, 11) is -4.79. The lowest BCUT2D eigenvalue weighted by molar-refractivity contribution is 0.0980. The van der Waals surface area contributed by atoms with E-state index in [4.69, 9.17) is 5.73 Å². The number of para-hydroxylation sites is 1. The molecule has 36 heavy (non-hydrogen) atoms. The highest BCUT2D eigenvalue weighted by Gasteiger charge is 2.36. The predicted octanol–water partition coefficient (Wildman–Crippen LogP) is 5.09. The Bertz CT molecular complexity index is 1660. The summed E-state index contributed by atoms with van der Waals surface area (Å²) >= 11 is 0. The van der Waals surface area contributed by atoms with Gasteiger partial charge in [0.05, 0.1) is 22.5 Å². The topological polar surface area (TPSA) is 139 Å². The molecular weight excluding hydrogens is 478 g/mol. The van der Waals surface area contributed by atoms with Gasteiger partial charge in [0.15, 0.2) is 11.6 Å². The molecule has 5 rings (SSSR count). The van der Waals surface area contributed by atoms with Gasteiger partial charge in [-0.05, 0) is 48.9 Å². The molecule has 0 aromatic heterocycles. The summed E-state index contributed by atoms with van der Waals surface area (Å²) in [4.78, 5) is 26.1. The van der Waals surface area contributed by atoms with Crippen molar-refractivity contribution in [2.24, 2.45) is 0 Å². The van der Waals surface area contributed by atoms with Crippen LogP contribution in [-0.4, -0.2) is 24.5 Å². The number of ketones is 2. The first-order chi connectivity index (χ1) is 17.1. The van der Waals surface area contributed by atoms with Crippen molar-refractivity contribution in [2.75, 3.05) is 16.4 Å². The zero-order valence-electron chi connectivity index (χ0n) is 19.1. The van der Waals surface area contributed by atoms with Crippen LogP contribution in [0.2, 0.25) is 0 Å². The Balaban J connectivity index is 1.62. The number of nitrogens with two attached hydrogens (primary N) is 1. The lowest BCUT2D eigenvalue weighted by atomic mass is 9.82. The second-order valence-electron chi connectivity index (χ2n) is 8.41. The van der Waals surface area contributed by atoms with Gasteiger partial charge in [-0.2, -0.15) is 8.42 Å². The Hall–Kier alpha value is -4.47. The predicted molar refractivity (Wildman–Crippen MR) is 138 cm³/mol. The third kappa shape index (κ3) is 4.00. The van der Waals surface area contributed by atoms with Crippen LogP contribution >= 0.6 is 0 Å². The van der Waals surface area contributed by atoms with Crippen molar-refractivity contribution >= 4 is 50.1 Å². The molecule has 0 atom stereocenters. The lowest BCUT2D eigenvalue weighted by Crippen LogP contribution is -2.25. The summed E-state index contributed by atoms with van der Waals surface area (Å²) in [5, 5.41) is 6.37. The summed E-state index contributed by atoms with van der Waals surface area (Å²) < 4.78 is 34.0. The Morgan fingerprint density at radius 2 is 1.31 bits per heavy atom. The molecule has 0 spiro atoms. The zero-order valence-corrected chi connectivity index (χ0v) is 19.9. The quantitative estimate of drug-likeness (QED) is 0.194. The first-order valence-corrected chi connectivity index (χ1v) is 12.4. The molecule has 4 aromatic carbocycles. The van der Waals surface area contributed by atoms with Crippen molar-refractivity contribution in [3.8, 4) is 0 Å². The summed E-state index contributed by atoms with van der Waals surface area (Å²) in [5.74, 6) is -1.07. The van der Waals surface area contributed by atoms with E-state index in [1.807, 2.05) is 49.4 Å². The number of carbonyl (C=O) groups excluding carboxylic acids is 2. The average molecular weight is 500 g/mol. The van der Waals surface area contributed by atoms with E-state index in [0.29, 0.717) is 5.69 Å². The van der Waals surface area contributed by atoms with Crippen molar-refractivity contribution in [1.82, 2.24) is 0 Å². The molecule has 0 saturated carbocycles. The number of anilines is 5. The van der Waals surface area contributed by atoms with Gasteiger partial charge >= 0.3 is 0 Å². The van der Waals surface area contributed by atoms with Crippen LogP contribution in [0.4, 0.5) is 28.4 Å². The van der Waals surface area contributed by atoms with Gasteiger partial charge in [0.1, 0.15) is 4.90 Å². The molecule has 8 nitrogen and oxygen atoms in total. The Kier molecular flexibility index (Phi) is 5.58. The summed E-state index contributed by atoms with van der Waals surface area (Å²) in [5.41, 5.74) is 8.79. The van der Waals surface area contributed by atoms with Crippen LogP contribution in [0.3, 0.4) is 0 Å². The maximum Gasteiger partial charge on any atom is 0.296 e. The van der Waals surface area contributed by atoms with E-state index in [9.17, 15) is 22.6 Å². The van der Waals surface area contributed by atoms with E-state index < -0.39 is 32.3 Å². The highest BCUT2D eigenvalue weighted by molar-refractivity contribution is 7.86. The fourth-order valence-corrected chi connectivity index (χ4v) is 4.97. The number of nitrogens with one attached hydrogen (secondary N) is 2. The minimum atomic E-state index is -4.79. The molecule has 0 radical (unpaired) electrons. The van der Waals surface area contributed by atoms with Crippen molar-refractivity contribution in [3.63, 3.8) is 0 Å². The second kappa shape index (κ2) is 8.63. The largest absolute Gasteiger partial charge is 0.397 e. The van der Waals surface area contributed by atoms with E-state index in [1.54, 1.807) is 18.2 Å². The average Bonchev–Trinajstić information content (AvgIpc) is 2.85. The maximum absolute atomic E-state index is 13.4. The van der Waals surface area contributed by atoms with Crippen LogP contribution in [0, 0.1) is 6.92 Å². The fraction of sp³-hybridized carbons (Fsp3) is 0.0370. The van der Waals surface area contributed by atoms with E-state index in [-0.39, 0.29) is 27.9 Å². The SMILES string of the molecule is Cc1cc(Nc2cc(S(=O)(=O)O)c(N)c3c2C(=O)c2ccccc2C3=O)ccc1Nc1ccccc1.